The lowest BCUT2D eigenvalue weighted by Gasteiger charge is -2.12. The lowest BCUT2D eigenvalue weighted by atomic mass is 10.1. The summed E-state index contributed by atoms with van der Waals surface area (Å²) in [5.74, 6) is -1.25. The minimum atomic E-state index is -1.14. The highest BCUT2D eigenvalue weighted by molar-refractivity contribution is 5.94. The molecule has 0 radical (unpaired) electrons. The Bertz CT molecular complexity index is 942. The fourth-order valence-electron chi connectivity index (χ4n) is 2.53. The molecule has 4 rings (SSSR count). The first-order chi connectivity index (χ1) is 11.6. The standard InChI is InChI=1S/C17H14N4O3/c18-16(23)17(4-5-17)24-15(22)13-2-1-11(8-20-13)12-7-10-3-6-19-14(10)21-9-12/h1-3,6-9H,4-5H2,(H2,18,23)(H,19,21). The third-order valence-corrected chi connectivity index (χ3v) is 4.15. The van der Waals surface area contributed by atoms with E-state index in [2.05, 4.69) is 15.0 Å². The highest BCUT2D eigenvalue weighted by atomic mass is 16.6. The van der Waals surface area contributed by atoms with E-state index in [9.17, 15) is 9.59 Å². The lowest BCUT2D eigenvalue weighted by molar-refractivity contribution is -0.128. The van der Waals surface area contributed by atoms with Crippen LogP contribution in [0.4, 0.5) is 0 Å². The highest BCUT2D eigenvalue weighted by Gasteiger charge is 2.53. The van der Waals surface area contributed by atoms with Crippen LogP contribution in [-0.4, -0.2) is 32.4 Å². The molecule has 1 aliphatic carbocycles. The van der Waals surface area contributed by atoms with E-state index in [1.165, 1.54) is 0 Å². The van der Waals surface area contributed by atoms with Crippen LogP contribution in [0.3, 0.4) is 0 Å². The zero-order chi connectivity index (χ0) is 16.7. The average molecular weight is 322 g/mol. The zero-order valence-corrected chi connectivity index (χ0v) is 12.7. The van der Waals surface area contributed by atoms with E-state index < -0.39 is 17.5 Å². The number of nitrogens with two attached hydrogens (primary N) is 1. The molecule has 0 aromatic carbocycles. The van der Waals surface area contributed by atoms with Gasteiger partial charge in [0, 0.05) is 47.9 Å². The van der Waals surface area contributed by atoms with Crippen molar-refractivity contribution in [3.05, 3.63) is 48.5 Å². The molecule has 1 fully saturated rings. The Morgan fingerprint density at radius 3 is 2.58 bits per heavy atom. The Morgan fingerprint density at radius 2 is 1.92 bits per heavy atom. The van der Waals surface area contributed by atoms with E-state index in [0.717, 1.165) is 22.2 Å². The monoisotopic (exact) mass is 322 g/mol. The van der Waals surface area contributed by atoms with Gasteiger partial charge >= 0.3 is 5.97 Å². The summed E-state index contributed by atoms with van der Waals surface area (Å²) in [6, 6.07) is 7.25. The van der Waals surface area contributed by atoms with Crippen molar-refractivity contribution in [3.63, 3.8) is 0 Å². The topological polar surface area (TPSA) is 111 Å². The smallest absolute Gasteiger partial charge is 0.357 e. The molecular weight excluding hydrogens is 308 g/mol. The maximum absolute atomic E-state index is 12.1. The molecule has 0 saturated heterocycles. The zero-order valence-electron chi connectivity index (χ0n) is 12.7. The van der Waals surface area contributed by atoms with Crippen LogP contribution in [0.2, 0.25) is 0 Å². The second-order valence-electron chi connectivity index (χ2n) is 5.82. The number of nitrogens with one attached hydrogen (secondary N) is 1. The van der Waals surface area contributed by atoms with Crippen LogP contribution in [0, 0.1) is 0 Å². The summed E-state index contributed by atoms with van der Waals surface area (Å²) >= 11 is 0. The SMILES string of the molecule is NC(=O)C1(OC(=O)c2ccc(-c3cnc4[nH]ccc4c3)cn2)CC1. The van der Waals surface area contributed by atoms with Gasteiger partial charge in [0.25, 0.3) is 5.91 Å². The number of hydrogen-bond donors (Lipinski definition) is 2. The molecule has 0 spiro atoms. The number of pyridine rings is 2. The molecule has 24 heavy (non-hydrogen) atoms. The van der Waals surface area contributed by atoms with Gasteiger partial charge < -0.3 is 15.5 Å². The fraction of sp³-hybridized carbons (Fsp3) is 0.176. The number of ether oxygens (including phenoxy) is 1. The summed E-state index contributed by atoms with van der Waals surface area (Å²) in [6.07, 6.45) is 6.07. The fourth-order valence-corrected chi connectivity index (χ4v) is 2.53. The van der Waals surface area contributed by atoms with Gasteiger partial charge in [0.15, 0.2) is 5.60 Å². The van der Waals surface area contributed by atoms with Gasteiger partial charge in [-0.1, -0.05) is 6.07 Å². The Labute approximate surface area is 136 Å². The van der Waals surface area contributed by atoms with Crippen LogP contribution < -0.4 is 5.73 Å². The third-order valence-electron chi connectivity index (χ3n) is 4.15. The van der Waals surface area contributed by atoms with Crippen LogP contribution in [0.15, 0.2) is 42.9 Å². The normalized spacial score (nSPS) is 15.2. The predicted molar refractivity (Wildman–Crippen MR) is 85.9 cm³/mol. The first kappa shape index (κ1) is 14.4. The summed E-state index contributed by atoms with van der Waals surface area (Å²) in [5, 5.41) is 0.994. The Kier molecular flexibility index (Phi) is 3.09. The summed E-state index contributed by atoms with van der Waals surface area (Å²) in [7, 11) is 0. The third kappa shape index (κ3) is 2.40. The van der Waals surface area contributed by atoms with E-state index in [0.29, 0.717) is 12.8 Å². The number of esters is 1. The van der Waals surface area contributed by atoms with Crippen molar-refractivity contribution >= 4 is 22.9 Å². The number of H-pyrrole nitrogens is 1. The van der Waals surface area contributed by atoms with Crippen molar-refractivity contribution in [2.75, 3.05) is 0 Å². The van der Waals surface area contributed by atoms with Gasteiger partial charge in [-0.05, 0) is 18.2 Å². The molecule has 0 aliphatic heterocycles. The van der Waals surface area contributed by atoms with Crippen LogP contribution in [0.1, 0.15) is 23.3 Å². The van der Waals surface area contributed by atoms with Crippen LogP contribution in [0.5, 0.6) is 0 Å². The van der Waals surface area contributed by atoms with Crippen molar-refractivity contribution in [1.29, 1.82) is 0 Å². The van der Waals surface area contributed by atoms with Gasteiger partial charge in [0.1, 0.15) is 11.3 Å². The molecule has 120 valence electrons. The highest BCUT2D eigenvalue weighted by Crippen LogP contribution is 2.39. The molecule has 0 bridgehead atoms. The molecule has 3 N–H and O–H groups in total. The number of aromatic amines is 1. The molecule has 3 aromatic rings. The van der Waals surface area contributed by atoms with E-state index in [1.807, 2.05) is 18.3 Å². The van der Waals surface area contributed by atoms with Crippen LogP contribution in [-0.2, 0) is 9.53 Å². The van der Waals surface area contributed by atoms with E-state index in [1.54, 1.807) is 24.5 Å². The van der Waals surface area contributed by atoms with Crippen molar-refractivity contribution in [3.8, 4) is 11.1 Å². The molecule has 3 aromatic heterocycles. The van der Waals surface area contributed by atoms with Crippen LogP contribution >= 0.6 is 0 Å². The summed E-state index contributed by atoms with van der Waals surface area (Å²) in [5.41, 5.74) is 6.79. The first-order valence-electron chi connectivity index (χ1n) is 7.50. The molecular formula is C17H14N4O3. The quantitative estimate of drug-likeness (QED) is 0.711. The Morgan fingerprint density at radius 1 is 1.12 bits per heavy atom. The molecule has 7 heteroatoms. The molecule has 7 nitrogen and oxygen atoms in total. The van der Waals surface area contributed by atoms with Gasteiger partial charge in [-0.15, -0.1) is 0 Å². The maximum Gasteiger partial charge on any atom is 0.357 e. The number of rotatable bonds is 4. The number of carbonyl (C=O) groups is 2. The number of amides is 1. The van der Waals surface area contributed by atoms with Gasteiger partial charge in [-0.25, -0.2) is 14.8 Å². The number of nitrogens with zero attached hydrogens (tertiary/aromatic N) is 2. The largest absolute Gasteiger partial charge is 0.444 e. The van der Waals surface area contributed by atoms with Gasteiger partial charge in [-0.3, -0.25) is 4.79 Å². The lowest BCUT2D eigenvalue weighted by Crippen LogP contribution is -2.35. The number of primary amides is 1. The average Bonchev–Trinajstić information content (AvgIpc) is 3.22. The van der Waals surface area contributed by atoms with Gasteiger partial charge in [0.05, 0.1) is 0 Å². The van der Waals surface area contributed by atoms with Crippen LogP contribution in [0.25, 0.3) is 22.2 Å². The number of fused-ring (bicyclic) bond motifs is 1. The molecule has 0 unspecified atom stereocenters. The molecule has 1 aliphatic rings. The predicted octanol–water partition coefficient (Wildman–Crippen LogP) is 1.80. The number of hydrogen-bond acceptors (Lipinski definition) is 5. The van der Waals surface area contributed by atoms with E-state index in [4.69, 9.17) is 10.5 Å². The number of carbonyl (C=O) groups excluding carboxylic acids is 2. The summed E-state index contributed by atoms with van der Waals surface area (Å²) in [4.78, 5) is 34.9. The Hall–Kier alpha value is -3.22. The summed E-state index contributed by atoms with van der Waals surface area (Å²) < 4.78 is 5.20. The second-order valence-corrected chi connectivity index (χ2v) is 5.82. The molecule has 0 atom stereocenters. The Balaban J connectivity index is 1.56. The van der Waals surface area contributed by atoms with Crippen molar-refractivity contribution in [2.45, 2.75) is 18.4 Å². The molecule has 1 saturated carbocycles. The minimum Gasteiger partial charge on any atom is -0.444 e. The minimum absolute atomic E-state index is 0.141. The van der Waals surface area contributed by atoms with Crippen molar-refractivity contribution in [1.82, 2.24) is 15.0 Å². The van der Waals surface area contributed by atoms with Gasteiger partial charge in [0.2, 0.25) is 0 Å². The maximum atomic E-state index is 12.1. The van der Waals surface area contributed by atoms with Crippen molar-refractivity contribution in [2.24, 2.45) is 5.73 Å². The number of aromatic nitrogens is 3. The summed E-state index contributed by atoms with van der Waals surface area (Å²) in [6.45, 7) is 0. The van der Waals surface area contributed by atoms with E-state index in [-0.39, 0.29) is 5.69 Å². The first-order valence-corrected chi connectivity index (χ1v) is 7.50. The molecule has 3 heterocycles. The molecule has 1 amide bonds. The second kappa shape index (κ2) is 5.16. The van der Waals surface area contributed by atoms with E-state index >= 15 is 0 Å². The van der Waals surface area contributed by atoms with Crippen molar-refractivity contribution < 1.29 is 14.3 Å². The van der Waals surface area contributed by atoms with Gasteiger partial charge in [-0.2, -0.15) is 0 Å².